The highest BCUT2D eigenvalue weighted by Crippen LogP contribution is 2.32. The highest BCUT2D eigenvalue weighted by molar-refractivity contribution is 5.64. The molecule has 3 nitrogen and oxygen atoms in total. The van der Waals surface area contributed by atoms with Crippen LogP contribution in [0.2, 0.25) is 0 Å². The normalized spacial score (nSPS) is 18.8. The van der Waals surface area contributed by atoms with E-state index in [9.17, 15) is 0 Å². The minimum absolute atomic E-state index is 0.587. The molecule has 3 heteroatoms. The molecule has 0 bridgehead atoms. The first kappa shape index (κ1) is 12.0. The highest BCUT2D eigenvalue weighted by Gasteiger charge is 2.25. The van der Waals surface area contributed by atoms with Gasteiger partial charge in [-0.15, -0.1) is 0 Å². The molecule has 0 aliphatic carbocycles. The Labute approximate surface area is 114 Å². The lowest BCUT2D eigenvalue weighted by atomic mass is 9.99. The second kappa shape index (κ2) is 4.92. The molecule has 2 heterocycles. The van der Waals surface area contributed by atoms with Crippen LogP contribution in [0.15, 0.2) is 42.6 Å². The number of pyridine rings is 1. The molecule has 19 heavy (non-hydrogen) atoms. The fourth-order valence-electron chi connectivity index (χ4n) is 2.80. The maximum absolute atomic E-state index is 6.08. The summed E-state index contributed by atoms with van der Waals surface area (Å²) in [5, 5.41) is 0. The Balaban J connectivity index is 1.79. The maximum Gasteiger partial charge on any atom is 0.151 e. The van der Waals surface area contributed by atoms with Crippen LogP contribution in [0, 0.1) is 6.92 Å². The number of hydrogen-bond acceptors (Lipinski definition) is 3. The number of aromatic nitrogens is 1. The zero-order chi connectivity index (χ0) is 13.2. The smallest absolute Gasteiger partial charge is 0.151 e. The van der Waals surface area contributed by atoms with Gasteiger partial charge in [-0.25, -0.2) is 4.98 Å². The molecule has 1 aliphatic heterocycles. The molecule has 1 aliphatic rings. The molecule has 1 atom stereocenters. The zero-order valence-corrected chi connectivity index (χ0v) is 11.2. The molecule has 0 amide bonds. The zero-order valence-electron chi connectivity index (χ0n) is 11.2. The Kier molecular flexibility index (Phi) is 3.11. The molecular weight excluding hydrogens is 234 g/mol. The number of anilines is 2. The Morgan fingerprint density at radius 2 is 2.05 bits per heavy atom. The van der Waals surface area contributed by atoms with Gasteiger partial charge in [-0.2, -0.15) is 0 Å². The summed E-state index contributed by atoms with van der Waals surface area (Å²) in [4.78, 5) is 6.79. The molecule has 98 valence electrons. The van der Waals surface area contributed by atoms with Crippen LogP contribution in [0.3, 0.4) is 0 Å². The fraction of sp³-hybridized carbons (Fsp3) is 0.312. The molecule has 2 N–H and O–H groups in total. The van der Waals surface area contributed by atoms with Crippen molar-refractivity contribution in [2.24, 2.45) is 0 Å². The van der Waals surface area contributed by atoms with E-state index in [1.54, 1.807) is 0 Å². The van der Waals surface area contributed by atoms with E-state index < -0.39 is 0 Å². The van der Waals surface area contributed by atoms with Crippen LogP contribution in [0.1, 0.15) is 23.5 Å². The van der Waals surface area contributed by atoms with Crippen LogP contribution >= 0.6 is 0 Å². The summed E-state index contributed by atoms with van der Waals surface area (Å²) in [6.45, 7) is 4.05. The van der Waals surface area contributed by atoms with E-state index >= 15 is 0 Å². The summed E-state index contributed by atoms with van der Waals surface area (Å²) >= 11 is 0. The maximum atomic E-state index is 6.08. The van der Waals surface area contributed by atoms with Gasteiger partial charge in [-0.3, -0.25) is 0 Å². The van der Waals surface area contributed by atoms with Gasteiger partial charge in [0.05, 0.1) is 5.69 Å². The predicted molar refractivity (Wildman–Crippen MR) is 79.4 cm³/mol. The molecule has 1 fully saturated rings. The lowest BCUT2D eigenvalue weighted by Crippen LogP contribution is -2.21. The van der Waals surface area contributed by atoms with Crippen molar-refractivity contribution in [2.75, 3.05) is 23.7 Å². The first-order valence-corrected chi connectivity index (χ1v) is 6.76. The highest BCUT2D eigenvalue weighted by atomic mass is 15.2. The number of rotatable bonds is 2. The first-order chi connectivity index (χ1) is 9.24. The van der Waals surface area contributed by atoms with E-state index in [2.05, 4.69) is 40.2 Å². The van der Waals surface area contributed by atoms with Crippen molar-refractivity contribution in [3.05, 3.63) is 53.7 Å². The average Bonchev–Trinajstić information content (AvgIpc) is 2.89. The monoisotopic (exact) mass is 253 g/mol. The SMILES string of the molecule is Cc1cnc(N2CCC(c3ccccc3)C2)c(N)c1. The molecule has 1 saturated heterocycles. The Morgan fingerprint density at radius 3 is 2.79 bits per heavy atom. The molecule has 3 rings (SSSR count). The molecule has 0 spiro atoms. The molecular formula is C16H19N3. The number of hydrogen-bond donors (Lipinski definition) is 1. The van der Waals surface area contributed by atoms with E-state index in [1.807, 2.05) is 19.2 Å². The lowest BCUT2D eigenvalue weighted by molar-refractivity contribution is 0.774. The summed E-state index contributed by atoms with van der Waals surface area (Å²) in [5.74, 6) is 1.52. The van der Waals surface area contributed by atoms with Crippen LogP contribution in [0.4, 0.5) is 11.5 Å². The van der Waals surface area contributed by atoms with Crippen molar-refractivity contribution < 1.29 is 0 Å². The molecule has 1 aromatic carbocycles. The van der Waals surface area contributed by atoms with Gasteiger partial charge in [0.25, 0.3) is 0 Å². The Hall–Kier alpha value is -2.03. The molecule has 2 aromatic rings. The minimum atomic E-state index is 0.587. The molecule has 0 saturated carbocycles. The Morgan fingerprint density at radius 1 is 1.26 bits per heavy atom. The van der Waals surface area contributed by atoms with Crippen molar-refractivity contribution in [1.82, 2.24) is 4.98 Å². The van der Waals surface area contributed by atoms with E-state index in [-0.39, 0.29) is 0 Å². The van der Waals surface area contributed by atoms with Crippen LogP contribution in [-0.4, -0.2) is 18.1 Å². The fourth-order valence-corrected chi connectivity index (χ4v) is 2.80. The number of benzene rings is 1. The number of aryl methyl sites for hydroxylation is 1. The summed E-state index contributed by atoms with van der Waals surface area (Å²) < 4.78 is 0. The largest absolute Gasteiger partial charge is 0.396 e. The summed E-state index contributed by atoms with van der Waals surface area (Å²) in [5.41, 5.74) is 9.39. The van der Waals surface area contributed by atoms with E-state index in [0.29, 0.717) is 5.92 Å². The van der Waals surface area contributed by atoms with Gasteiger partial charge in [0.15, 0.2) is 5.82 Å². The molecule has 1 aromatic heterocycles. The Bertz CT molecular complexity index is 565. The number of nitrogens with two attached hydrogens (primary N) is 1. The van der Waals surface area contributed by atoms with Crippen molar-refractivity contribution >= 4 is 11.5 Å². The third-order valence-electron chi connectivity index (χ3n) is 3.79. The van der Waals surface area contributed by atoms with Gasteiger partial charge in [0, 0.05) is 25.2 Å². The summed E-state index contributed by atoms with van der Waals surface area (Å²) in [6, 6.07) is 12.7. The van der Waals surface area contributed by atoms with E-state index in [0.717, 1.165) is 30.2 Å². The van der Waals surface area contributed by atoms with Crippen molar-refractivity contribution in [2.45, 2.75) is 19.3 Å². The van der Waals surface area contributed by atoms with Crippen LogP contribution in [0.5, 0.6) is 0 Å². The van der Waals surface area contributed by atoms with Gasteiger partial charge >= 0.3 is 0 Å². The predicted octanol–water partition coefficient (Wildman–Crippen LogP) is 2.97. The average molecular weight is 253 g/mol. The van der Waals surface area contributed by atoms with E-state index in [1.165, 1.54) is 12.0 Å². The third-order valence-corrected chi connectivity index (χ3v) is 3.79. The third kappa shape index (κ3) is 2.41. The first-order valence-electron chi connectivity index (χ1n) is 6.76. The molecule has 1 unspecified atom stereocenters. The lowest BCUT2D eigenvalue weighted by Gasteiger charge is -2.19. The second-order valence-electron chi connectivity index (χ2n) is 5.27. The van der Waals surface area contributed by atoms with Gasteiger partial charge < -0.3 is 10.6 Å². The summed E-state index contributed by atoms with van der Waals surface area (Å²) in [7, 11) is 0. The van der Waals surface area contributed by atoms with Crippen molar-refractivity contribution in [3.63, 3.8) is 0 Å². The summed E-state index contributed by atoms with van der Waals surface area (Å²) in [6.07, 6.45) is 3.06. The van der Waals surface area contributed by atoms with Gasteiger partial charge in [0.2, 0.25) is 0 Å². The van der Waals surface area contributed by atoms with Crippen LogP contribution in [-0.2, 0) is 0 Å². The standard InChI is InChI=1S/C16H19N3/c1-12-9-15(17)16(18-10-12)19-8-7-14(11-19)13-5-3-2-4-6-13/h2-6,9-10,14H,7-8,11,17H2,1H3. The van der Waals surface area contributed by atoms with Crippen LogP contribution in [0.25, 0.3) is 0 Å². The minimum Gasteiger partial charge on any atom is -0.396 e. The topological polar surface area (TPSA) is 42.2 Å². The quantitative estimate of drug-likeness (QED) is 0.894. The number of nitrogen functional groups attached to an aromatic ring is 1. The van der Waals surface area contributed by atoms with Crippen LogP contribution < -0.4 is 10.6 Å². The number of nitrogens with zero attached hydrogens (tertiary/aromatic N) is 2. The molecule has 0 radical (unpaired) electrons. The van der Waals surface area contributed by atoms with E-state index in [4.69, 9.17) is 5.73 Å². The second-order valence-corrected chi connectivity index (χ2v) is 5.27. The van der Waals surface area contributed by atoms with Gasteiger partial charge in [-0.05, 0) is 30.5 Å². The van der Waals surface area contributed by atoms with Gasteiger partial charge in [0.1, 0.15) is 0 Å². The van der Waals surface area contributed by atoms with Crippen molar-refractivity contribution in [1.29, 1.82) is 0 Å². The van der Waals surface area contributed by atoms with Gasteiger partial charge in [-0.1, -0.05) is 30.3 Å². The van der Waals surface area contributed by atoms with Crippen molar-refractivity contribution in [3.8, 4) is 0 Å².